The number of aliphatic hydroxyl groups excluding tert-OH is 1. The van der Waals surface area contributed by atoms with Crippen LogP contribution >= 0.6 is 0 Å². The molecular formula is C28H35N3O4. The highest BCUT2D eigenvalue weighted by molar-refractivity contribution is 6.02. The Hall–Kier alpha value is -3.19. The van der Waals surface area contributed by atoms with Gasteiger partial charge < -0.3 is 20.6 Å². The Morgan fingerprint density at radius 1 is 1.03 bits per heavy atom. The summed E-state index contributed by atoms with van der Waals surface area (Å²) in [6.07, 6.45) is 6.87. The number of nitrogens with one attached hydrogen (secondary N) is 2. The van der Waals surface area contributed by atoms with Gasteiger partial charge in [-0.25, -0.2) is 0 Å². The standard InChI is InChI=1S/C28H35N3O4/c1-3-8-19-12-14-22-24(23(19)26(33)29-2)28(35)31(15-6-7-16-32)25(22)27(34)30-21-13-11-18-9-4-5-10-20(18)17-21/h4-5,9-14,17,19,22-25,32H,3,6-8,15-16H2,1-2H3,(H,29,33)(H,30,34)/t19-,22+,23-,24-,25+/m1/s1. The Labute approximate surface area is 206 Å². The first-order chi connectivity index (χ1) is 17.0. The third-order valence-corrected chi connectivity index (χ3v) is 7.38. The number of carbonyl (C=O) groups excluding carboxylic acids is 3. The molecule has 7 heteroatoms. The summed E-state index contributed by atoms with van der Waals surface area (Å²) >= 11 is 0. The van der Waals surface area contributed by atoms with Gasteiger partial charge in [-0.1, -0.05) is 55.8 Å². The van der Waals surface area contributed by atoms with Crippen molar-refractivity contribution in [2.45, 2.75) is 38.6 Å². The van der Waals surface area contributed by atoms with Gasteiger partial charge in [0.2, 0.25) is 17.7 Å². The number of fused-ring (bicyclic) bond motifs is 2. The number of unbranched alkanes of at least 4 members (excludes halogenated alkanes) is 1. The predicted molar refractivity (Wildman–Crippen MR) is 136 cm³/mol. The van der Waals surface area contributed by atoms with Crippen LogP contribution in [0.4, 0.5) is 5.69 Å². The molecule has 0 unspecified atom stereocenters. The van der Waals surface area contributed by atoms with Gasteiger partial charge >= 0.3 is 0 Å². The Balaban J connectivity index is 1.66. The zero-order valence-corrected chi connectivity index (χ0v) is 20.4. The van der Waals surface area contributed by atoms with Gasteiger partial charge in [0.1, 0.15) is 6.04 Å². The third-order valence-electron chi connectivity index (χ3n) is 7.38. The summed E-state index contributed by atoms with van der Waals surface area (Å²) < 4.78 is 0. The lowest BCUT2D eigenvalue weighted by atomic mass is 9.68. The Bertz CT molecular complexity index is 1110. The van der Waals surface area contributed by atoms with E-state index in [1.807, 2.05) is 54.6 Å². The van der Waals surface area contributed by atoms with E-state index in [-0.39, 0.29) is 36.2 Å². The number of benzene rings is 2. The molecule has 1 heterocycles. The summed E-state index contributed by atoms with van der Waals surface area (Å²) in [7, 11) is 1.60. The van der Waals surface area contributed by atoms with Crippen LogP contribution in [0.15, 0.2) is 54.6 Å². The summed E-state index contributed by atoms with van der Waals surface area (Å²) in [4.78, 5) is 42.0. The number of amides is 3. The molecule has 0 spiro atoms. The molecular weight excluding hydrogens is 442 g/mol. The largest absolute Gasteiger partial charge is 0.396 e. The molecule has 4 rings (SSSR count). The van der Waals surface area contributed by atoms with Crippen molar-refractivity contribution in [2.75, 3.05) is 25.5 Å². The van der Waals surface area contributed by atoms with Crippen molar-refractivity contribution in [1.29, 1.82) is 0 Å². The average molecular weight is 478 g/mol. The van der Waals surface area contributed by atoms with Crippen LogP contribution in [0.2, 0.25) is 0 Å². The number of anilines is 1. The van der Waals surface area contributed by atoms with Gasteiger partial charge in [-0.05, 0) is 48.1 Å². The van der Waals surface area contributed by atoms with E-state index in [0.29, 0.717) is 25.1 Å². The molecule has 1 aliphatic heterocycles. The number of hydrogen-bond donors (Lipinski definition) is 3. The van der Waals surface area contributed by atoms with Gasteiger partial charge in [0.15, 0.2) is 0 Å². The molecule has 7 nitrogen and oxygen atoms in total. The Kier molecular flexibility index (Phi) is 7.86. The van der Waals surface area contributed by atoms with E-state index in [1.165, 1.54) is 0 Å². The number of carbonyl (C=O) groups is 3. The van der Waals surface area contributed by atoms with Crippen LogP contribution in [-0.4, -0.2) is 54.0 Å². The van der Waals surface area contributed by atoms with Crippen molar-refractivity contribution in [1.82, 2.24) is 10.2 Å². The fourth-order valence-electron chi connectivity index (χ4n) is 5.75. The summed E-state index contributed by atoms with van der Waals surface area (Å²) in [6.45, 7) is 2.47. The molecule has 3 N–H and O–H groups in total. The lowest BCUT2D eigenvalue weighted by molar-refractivity contribution is -0.140. The van der Waals surface area contributed by atoms with Crippen LogP contribution in [0.1, 0.15) is 32.6 Å². The predicted octanol–water partition coefficient (Wildman–Crippen LogP) is 3.34. The smallest absolute Gasteiger partial charge is 0.247 e. The number of nitrogens with zero attached hydrogens (tertiary/aromatic N) is 1. The van der Waals surface area contributed by atoms with Crippen LogP contribution in [0, 0.1) is 23.7 Å². The molecule has 1 saturated heterocycles. The first-order valence-corrected chi connectivity index (χ1v) is 12.6. The molecule has 35 heavy (non-hydrogen) atoms. The fourth-order valence-corrected chi connectivity index (χ4v) is 5.75. The molecule has 2 aliphatic rings. The number of rotatable bonds is 9. The molecule has 2 aromatic carbocycles. The summed E-state index contributed by atoms with van der Waals surface area (Å²) in [5.74, 6) is -2.04. The number of hydrogen-bond acceptors (Lipinski definition) is 4. The van der Waals surface area contributed by atoms with E-state index < -0.39 is 17.9 Å². The van der Waals surface area contributed by atoms with Gasteiger partial charge in [-0.2, -0.15) is 0 Å². The SMILES string of the molecule is CCC[C@@H]1C=C[C@H]2[C@@H](C(=O)N(CCCCO)[C@@H]2C(=O)Nc2ccc3ccccc3c2)[C@@H]1C(=O)NC. The highest BCUT2D eigenvalue weighted by Crippen LogP contribution is 2.45. The van der Waals surface area contributed by atoms with Gasteiger partial charge in [0.05, 0.1) is 11.8 Å². The van der Waals surface area contributed by atoms with Crippen LogP contribution in [0.5, 0.6) is 0 Å². The number of likely N-dealkylation sites (tertiary alicyclic amines) is 1. The van der Waals surface area contributed by atoms with Crippen molar-refractivity contribution < 1.29 is 19.5 Å². The number of allylic oxidation sites excluding steroid dienone is 1. The second-order valence-corrected chi connectivity index (χ2v) is 9.54. The quantitative estimate of drug-likeness (QED) is 0.381. The van der Waals surface area contributed by atoms with Crippen LogP contribution in [-0.2, 0) is 14.4 Å². The topological polar surface area (TPSA) is 98.7 Å². The second kappa shape index (κ2) is 11.0. The highest BCUT2D eigenvalue weighted by atomic mass is 16.3. The minimum atomic E-state index is -0.705. The lowest BCUT2D eigenvalue weighted by Crippen LogP contribution is -2.45. The fraction of sp³-hybridized carbons (Fsp3) is 0.464. The second-order valence-electron chi connectivity index (χ2n) is 9.54. The normalized spacial score (nSPS) is 25.5. The van der Waals surface area contributed by atoms with E-state index in [0.717, 1.165) is 23.6 Å². The van der Waals surface area contributed by atoms with Gasteiger partial charge in [0, 0.05) is 31.8 Å². The lowest BCUT2D eigenvalue weighted by Gasteiger charge is -2.34. The minimum absolute atomic E-state index is 0.0299. The van der Waals surface area contributed by atoms with E-state index in [1.54, 1.807) is 11.9 Å². The third kappa shape index (κ3) is 4.96. The monoisotopic (exact) mass is 477 g/mol. The van der Waals surface area contributed by atoms with Crippen molar-refractivity contribution in [2.24, 2.45) is 23.7 Å². The maximum atomic E-state index is 13.7. The van der Waals surface area contributed by atoms with Crippen molar-refractivity contribution in [3.63, 3.8) is 0 Å². The van der Waals surface area contributed by atoms with E-state index in [9.17, 15) is 19.5 Å². The van der Waals surface area contributed by atoms with Crippen LogP contribution < -0.4 is 10.6 Å². The molecule has 186 valence electrons. The van der Waals surface area contributed by atoms with Crippen LogP contribution in [0.25, 0.3) is 10.8 Å². The number of aliphatic hydroxyl groups is 1. The molecule has 2 aromatic rings. The zero-order valence-electron chi connectivity index (χ0n) is 20.4. The first-order valence-electron chi connectivity index (χ1n) is 12.6. The first kappa shape index (κ1) is 24.9. The molecule has 5 atom stereocenters. The van der Waals surface area contributed by atoms with Gasteiger partial charge in [-0.3, -0.25) is 14.4 Å². The maximum Gasteiger partial charge on any atom is 0.247 e. The minimum Gasteiger partial charge on any atom is -0.396 e. The van der Waals surface area contributed by atoms with Crippen molar-refractivity contribution in [3.05, 3.63) is 54.6 Å². The Morgan fingerprint density at radius 3 is 2.51 bits per heavy atom. The summed E-state index contributed by atoms with van der Waals surface area (Å²) in [5.41, 5.74) is 0.673. The summed E-state index contributed by atoms with van der Waals surface area (Å²) in [5, 5.41) is 17.1. The van der Waals surface area contributed by atoms with Crippen molar-refractivity contribution >= 4 is 34.2 Å². The maximum absolute atomic E-state index is 13.7. The molecule has 0 bridgehead atoms. The Morgan fingerprint density at radius 2 is 1.80 bits per heavy atom. The summed E-state index contributed by atoms with van der Waals surface area (Å²) in [6, 6.07) is 13.0. The molecule has 0 aromatic heterocycles. The van der Waals surface area contributed by atoms with Crippen molar-refractivity contribution in [3.8, 4) is 0 Å². The van der Waals surface area contributed by atoms with E-state index >= 15 is 0 Å². The molecule has 1 fully saturated rings. The van der Waals surface area contributed by atoms with E-state index in [4.69, 9.17) is 0 Å². The average Bonchev–Trinajstić information content (AvgIpc) is 3.15. The molecule has 0 saturated carbocycles. The van der Waals surface area contributed by atoms with Gasteiger partial charge in [0.25, 0.3) is 0 Å². The van der Waals surface area contributed by atoms with E-state index in [2.05, 4.69) is 17.6 Å². The zero-order chi connectivity index (χ0) is 24.9. The highest BCUT2D eigenvalue weighted by Gasteiger charge is 2.56. The molecule has 0 radical (unpaired) electrons. The molecule has 3 amide bonds. The van der Waals surface area contributed by atoms with Gasteiger partial charge in [-0.15, -0.1) is 0 Å². The van der Waals surface area contributed by atoms with Crippen LogP contribution in [0.3, 0.4) is 0 Å². The molecule has 1 aliphatic carbocycles.